The maximum atomic E-state index is 12.8. The molecule has 0 aliphatic heterocycles. The van der Waals surface area contributed by atoms with Crippen molar-refractivity contribution < 1.29 is 14.3 Å². The van der Waals surface area contributed by atoms with Crippen LogP contribution in [0.3, 0.4) is 0 Å². The summed E-state index contributed by atoms with van der Waals surface area (Å²) in [5, 5.41) is 0. The molecule has 0 spiro atoms. The van der Waals surface area contributed by atoms with Gasteiger partial charge < -0.3 is 9.47 Å². The first-order valence-electron chi connectivity index (χ1n) is 9.62. The Morgan fingerprint density at radius 3 is 2.28 bits per heavy atom. The molecule has 3 aromatic rings. The summed E-state index contributed by atoms with van der Waals surface area (Å²) >= 11 is 3.42. The van der Waals surface area contributed by atoms with Crippen molar-refractivity contribution in [2.75, 3.05) is 6.61 Å². The fraction of sp³-hybridized carbons (Fsp3) is 0.240. The molecule has 3 rings (SSSR count). The molecule has 150 valence electrons. The molecule has 4 heteroatoms. The standard InChI is InChI=1S/C25H25BrO3/c1-25(2,3)19-9-12-21(13-10-19)29-24(27)22-17-20(26)11-14-23(22)28-16-15-18-7-5-4-6-8-18/h4-14,17H,15-16H2,1-3H3. The van der Waals surface area contributed by atoms with Gasteiger partial charge in [-0.05, 0) is 46.9 Å². The van der Waals surface area contributed by atoms with Crippen LogP contribution < -0.4 is 9.47 Å². The Morgan fingerprint density at radius 1 is 0.931 bits per heavy atom. The van der Waals surface area contributed by atoms with E-state index >= 15 is 0 Å². The Bertz CT molecular complexity index is 958. The Kier molecular flexibility index (Phi) is 6.75. The lowest BCUT2D eigenvalue weighted by Gasteiger charge is -2.19. The lowest BCUT2D eigenvalue weighted by Crippen LogP contribution is -2.13. The molecule has 0 unspecified atom stereocenters. The van der Waals surface area contributed by atoms with Gasteiger partial charge in [-0.2, -0.15) is 0 Å². The van der Waals surface area contributed by atoms with Crippen LogP contribution in [-0.2, 0) is 11.8 Å². The molecule has 0 atom stereocenters. The second kappa shape index (κ2) is 9.27. The molecule has 3 nitrogen and oxygen atoms in total. The molecule has 0 saturated carbocycles. The highest BCUT2D eigenvalue weighted by molar-refractivity contribution is 9.10. The van der Waals surface area contributed by atoms with Crippen LogP contribution in [0.1, 0.15) is 42.3 Å². The first kappa shape index (κ1) is 21.1. The molecule has 0 aliphatic carbocycles. The zero-order valence-electron chi connectivity index (χ0n) is 16.9. The smallest absolute Gasteiger partial charge is 0.347 e. The van der Waals surface area contributed by atoms with Crippen LogP contribution in [0, 0.1) is 0 Å². The van der Waals surface area contributed by atoms with Crippen molar-refractivity contribution in [1.82, 2.24) is 0 Å². The molecule has 0 fully saturated rings. The van der Waals surface area contributed by atoms with Gasteiger partial charge in [0.15, 0.2) is 0 Å². The van der Waals surface area contributed by atoms with Crippen LogP contribution in [0.5, 0.6) is 11.5 Å². The van der Waals surface area contributed by atoms with E-state index in [9.17, 15) is 4.79 Å². The van der Waals surface area contributed by atoms with Gasteiger partial charge in [-0.3, -0.25) is 0 Å². The molecule has 0 amide bonds. The molecule has 0 aliphatic rings. The summed E-state index contributed by atoms with van der Waals surface area (Å²) in [5.41, 5.74) is 2.82. The van der Waals surface area contributed by atoms with E-state index in [1.807, 2.05) is 48.5 Å². The van der Waals surface area contributed by atoms with Gasteiger partial charge in [0, 0.05) is 10.9 Å². The molecule has 29 heavy (non-hydrogen) atoms. The van der Waals surface area contributed by atoms with Crippen LogP contribution in [0.2, 0.25) is 0 Å². The molecule has 0 saturated heterocycles. The van der Waals surface area contributed by atoms with Crippen LogP contribution in [0.4, 0.5) is 0 Å². The number of carbonyl (C=O) groups excluding carboxylic acids is 1. The highest BCUT2D eigenvalue weighted by Gasteiger charge is 2.17. The molecule has 0 N–H and O–H groups in total. The predicted molar refractivity (Wildman–Crippen MR) is 120 cm³/mol. The van der Waals surface area contributed by atoms with Gasteiger partial charge in [-0.15, -0.1) is 0 Å². The van der Waals surface area contributed by atoms with E-state index in [4.69, 9.17) is 9.47 Å². The summed E-state index contributed by atoms with van der Waals surface area (Å²) < 4.78 is 12.3. The van der Waals surface area contributed by atoms with E-state index in [1.165, 1.54) is 11.1 Å². The molecule has 0 bridgehead atoms. The van der Waals surface area contributed by atoms with E-state index in [2.05, 4.69) is 48.8 Å². The Morgan fingerprint density at radius 2 is 1.62 bits per heavy atom. The molecule has 0 aromatic heterocycles. The van der Waals surface area contributed by atoms with Crippen molar-refractivity contribution in [3.63, 3.8) is 0 Å². The van der Waals surface area contributed by atoms with Crippen LogP contribution in [0.15, 0.2) is 77.3 Å². The van der Waals surface area contributed by atoms with E-state index < -0.39 is 5.97 Å². The number of rotatable bonds is 6. The third-order valence-electron chi connectivity index (χ3n) is 4.58. The number of hydrogen-bond donors (Lipinski definition) is 0. The van der Waals surface area contributed by atoms with Gasteiger partial charge in [-0.1, -0.05) is 79.2 Å². The highest BCUT2D eigenvalue weighted by Crippen LogP contribution is 2.27. The van der Waals surface area contributed by atoms with Crippen LogP contribution in [0.25, 0.3) is 0 Å². The number of ether oxygens (including phenoxy) is 2. The van der Waals surface area contributed by atoms with Gasteiger partial charge in [0.1, 0.15) is 17.1 Å². The van der Waals surface area contributed by atoms with Crippen molar-refractivity contribution in [2.24, 2.45) is 0 Å². The molecule has 3 aromatic carbocycles. The van der Waals surface area contributed by atoms with Crippen molar-refractivity contribution in [3.8, 4) is 11.5 Å². The van der Waals surface area contributed by atoms with Crippen LogP contribution in [-0.4, -0.2) is 12.6 Å². The minimum Gasteiger partial charge on any atom is -0.492 e. The monoisotopic (exact) mass is 452 g/mol. The Hall–Kier alpha value is -2.59. The largest absolute Gasteiger partial charge is 0.492 e. The molecule has 0 heterocycles. The van der Waals surface area contributed by atoms with Gasteiger partial charge >= 0.3 is 5.97 Å². The fourth-order valence-electron chi connectivity index (χ4n) is 2.90. The summed E-state index contributed by atoms with van der Waals surface area (Å²) in [5.74, 6) is 0.586. The number of hydrogen-bond acceptors (Lipinski definition) is 3. The predicted octanol–water partition coefficient (Wildman–Crippen LogP) is 6.59. The second-order valence-corrected chi connectivity index (χ2v) is 8.80. The van der Waals surface area contributed by atoms with E-state index in [0.29, 0.717) is 23.7 Å². The number of esters is 1. The third-order valence-corrected chi connectivity index (χ3v) is 5.08. The fourth-order valence-corrected chi connectivity index (χ4v) is 3.26. The minimum atomic E-state index is -0.440. The zero-order valence-corrected chi connectivity index (χ0v) is 18.5. The Labute approximate surface area is 180 Å². The Balaban J connectivity index is 1.70. The minimum absolute atomic E-state index is 0.0482. The summed E-state index contributed by atoms with van der Waals surface area (Å²) in [6, 6.07) is 23.1. The highest BCUT2D eigenvalue weighted by atomic mass is 79.9. The molecule has 0 radical (unpaired) electrons. The summed E-state index contributed by atoms with van der Waals surface area (Å²) in [6.07, 6.45) is 0.764. The normalized spacial score (nSPS) is 11.2. The van der Waals surface area contributed by atoms with E-state index in [1.54, 1.807) is 12.1 Å². The van der Waals surface area contributed by atoms with Gasteiger partial charge in [0.2, 0.25) is 0 Å². The van der Waals surface area contributed by atoms with Gasteiger partial charge in [-0.25, -0.2) is 4.79 Å². The summed E-state index contributed by atoms with van der Waals surface area (Å²) in [7, 11) is 0. The van der Waals surface area contributed by atoms with Crippen LogP contribution >= 0.6 is 15.9 Å². The number of carbonyl (C=O) groups is 1. The third kappa shape index (κ3) is 5.94. The summed E-state index contributed by atoms with van der Waals surface area (Å²) in [6.45, 7) is 6.92. The first-order chi connectivity index (χ1) is 13.8. The maximum absolute atomic E-state index is 12.8. The van der Waals surface area contributed by atoms with Crippen molar-refractivity contribution in [3.05, 3.63) is 94.0 Å². The summed E-state index contributed by atoms with van der Waals surface area (Å²) in [4.78, 5) is 12.8. The number of halogens is 1. The first-order valence-corrected chi connectivity index (χ1v) is 10.4. The average Bonchev–Trinajstić information content (AvgIpc) is 2.69. The zero-order chi connectivity index (χ0) is 20.9. The maximum Gasteiger partial charge on any atom is 0.347 e. The van der Waals surface area contributed by atoms with Gasteiger partial charge in [0.05, 0.1) is 6.61 Å². The SMILES string of the molecule is CC(C)(C)c1ccc(OC(=O)c2cc(Br)ccc2OCCc2ccccc2)cc1. The van der Waals surface area contributed by atoms with Crippen molar-refractivity contribution >= 4 is 21.9 Å². The lowest BCUT2D eigenvalue weighted by molar-refractivity contribution is 0.0730. The average molecular weight is 453 g/mol. The quantitative estimate of drug-likeness (QED) is 0.312. The number of benzene rings is 3. The topological polar surface area (TPSA) is 35.5 Å². The molecular formula is C25H25BrO3. The van der Waals surface area contributed by atoms with Crippen molar-refractivity contribution in [2.45, 2.75) is 32.6 Å². The van der Waals surface area contributed by atoms with E-state index in [0.717, 1.165) is 10.9 Å². The second-order valence-electron chi connectivity index (χ2n) is 7.89. The van der Waals surface area contributed by atoms with Gasteiger partial charge in [0.25, 0.3) is 0 Å². The lowest BCUT2D eigenvalue weighted by atomic mass is 9.87. The van der Waals surface area contributed by atoms with Crippen molar-refractivity contribution in [1.29, 1.82) is 0 Å². The van der Waals surface area contributed by atoms with E-state index in [-0.39, 0.29) is 5.41 Å². The molecular weight excluding hydrogens is 428 g/mol.